The summed E-state index contributed by atoms with van der Waals surface area (Å²) in [6.45, 7) is 1.71. The predicted molar refractivity (Wildman–Crippen MR) is 120 cm³/mol. The van der Waals surface area contributed by atoms with Crippen molar-refractivity contribution in [3.05, 3.63) is 48.0 Å². The molecule has 0 bridgehead atoms. The summed E-state index contributed by atoms with van der Waals surface area (Å²) in [6.07, 6.45) is 15.6. The van der Waals surface area contributed by atoms with E-state index in [9.17, 15) is 0 Å². The molecule has 168 valence electrons. The Bertz CT molecular complexity index is 1160. The number of H-pyrrole nitrogens is 1. The molecule has 1 unspecified atom stereocenters. The molecule has 0 spiro atoms. The summed E-state index contributed by atoms with van der Waals surface area (Å²) in [5.74, 6) is 0. The van der Waals surface area contributed by atoms with Crippen LogP contribution in [0.5, 0.6) is 0 Å². The Hall–Kier alpha value is -2.82. The van der Waals surface area contributed by atoms with E-state index in [2.05, 4.69) is 34.9 Å². The number of nitrogens with zero attached hydrogens (tertiary/aromatic N) is 7. The second-order valence-corrected chi connectivity index (χ2v) is 7.68. The molecule has 4 aromatic rings. The Labute approximate surface area is 194 Å². The smallest absolute Gasteiger partial charge is 0.182 e. The normalized spacial score (nSPS) is 17.8. The van der Waals surface area contributed by atoms with Crippen LogP contribution in [0.2, 0.25) is 10.3 Å². The Morgan fingerprint density at radius 3 is 2.50 bits per heavy atom. The number of allylic oxidation sites excluding steroid dienone is 1. The van der Waals surface area contributed by atoms with Crippen molar-refractivity contribution in [3.8, 4) is 0 Å². The molecule has 2 aliphatic heterocycles. The van der Waals surface area contributed by atoms with Crippen LogP contribution in [0.3, 0.4) is 0 Å². The first-order chi connectivity index (χ1) is 15.7. The number of aromatic amines is 1. The third kappa shape index (κ3) is 5.50. The highest BCUT2D eigenvalue weighted by atomic mass is 35.5. The van der Waals surface area contributed by atoms with Crippen molar-refractivity contribution in [1.82, 2.24) is 39.5 Å². The first-order valence-corrected chi connectivity index (χ1v) is 11.0. The minimum Gasteiger partial charge on any atom is -0.502 e. The van der Waals surface area contributed by atoms with Gasteiger partial charge in [0.25, 0.3) is 0 Å². The van der Waals surface area contributed by atoms with Crippen molar-refractivity contribution in [1.29, 1.82) is 0 Å². The summed E-state index contributed by atoms with van der Waals surface area (Å²) in [7, 11) is 0. The molecule has 1 saturated heterocycles. The monoisotopic (exact) mass is 476 g/mol. The van der Waals surface area contributed by atoms with Gasteiger partial charge in [-0.1, -0.05) is 23.2 Å². The molecule has 1 atom stereocenters. The van der Waals surface area contributed by atoms with Crippen LogP contribution >= 0.6 is 23.2 Å². The first-order valence-electron chi connectivity index (χ1n) is 10.2. The predicted octanol–water partition coefficient (Wildman–Crippen LogP) is 4.50. The Morgan fingerprint density at radius 2 is 1.81 bits per heavy atom. The lowest BCUT2D eigenvalue weighted by Crippen LogP contribution is -2.17. The van der Waals surface area contributed by atoms with Gasteiger partial charge >= 0.3 is 0 Å². The molecule has 0 aromatic carbocycles. The topological polar surface area (TPSA) is 117 Å². The molecule has 12 heteroatoms. The quantitative estimate of drug-likeness (QED) is 0.399. The Balaban J connectivity index is 0.000000130. The van der Waals surface area contributed by atoms with Gasteiger partial charge in [0, 0.05) is 6.61 Å². The summed E-state index contributed by atoms with van der Waals surface area (Å²) < 4.78 is 12.5. The Kier molecular flexibility index (Phi) is 7.81. The summed E-state index contributed by atoms with van der Waals surface area (Å²) in [4.78, 5) is 26.7. The second-order valence-electron chi connectivity index (χ2n) is 6.96. The minimum absolute atomic E-state index is 0.0321. The highest BCUT2D eigenvalue weighted by Crippen LogP contribution is 2.26. The minimum atomic E-state index is 0.0321. The highest BCUT2D eigenvalue weighted by Gasteiger charge is 2.19. The number of nitrogens with one attached hydrogen (secondary N) is 1. The summed E-state index contributed by atoms with van der Waals surface area (Å²) in [5, 5.41) is 0.794. The number of fused-ring (bicyclic) bond motifs is 2. The third-order valence-corrected chi connectivity index (χ3v) is 5.35. The zero-order valence-electron chi connectivity index (χ0n) is 17.2. The Morgan fingerprint density at radius 1 is 0.938 bits per heavy atom. The average molecular weight is 477 g/mol. The van der Waals surface area contributed by atoms with Crippen LogP contribution in [0.15, 0.2) is 37.6 Å². The molecule has 0 amide bonds. The van der Waals surface area contributed by atoms with Crippen molar-refractivity contribution in [2.24, 2.45) is 0 Å². The number of imidazole rings is 2. The van der Waals surface area contributed by atoms with Crippen molar-refractivity contribution < 1.29 is 9.47 Å². The molecular formula is C20H22Cl2N8O2. The van der Waals surface area contributed by atoms with Gasteiger partial charge < -0.3 is 14.5 Å². The average Bonchev–Trinajstić information content (AvgIpc) is 3.51. The van der Waals surface area contributed by atoms with Crippen LogP contribution in [0.25, 0.3) is 22.3 Å². The van der Waals surface area contributed by atoms with E-state index in [-0.39, 0.29) is 6.23 Å². The van der Waals surface area contributed by atoms with Gasteiger partial charge in [0.2, 0.25) is 0 Å². The van der Waals surface area contributed by atoms with Gasteiger partial charge in [0.05, 0.1) is 25.5 Å². The lowest BCUT2D eigenvalue weighted by Gasteiger charge is -2.23. The number of hydrogen-bond acceptors (Lipinski definition) is 8. The maximum atomic E-state index is 5.94. The fourth-order valence-electron chi connectivity index (χ4n) is 3.20. The van der Waals surface area contributed by atoms with E-state index in [1.807, 2.05) is 10.6 Å². The van der Waals surface area contributed by atoms with Crippen LogP contribution < -0.4 is 0 Å². The van der Waals surface area contributed by atoms with Crippen LogP contribution in [0.4, 0.5) is 0 Å². The van der Waals surface area contributed by atoms with Gasteiger partial charge in [0.1, 0.15) is 29.9 Å². The van der Waals surface area contributed by atoms with Gasteiger partial charge in [-0.3, -0.25) is 4.57 Å². The van der Waals surface area contributed by atoms with E-state index >= 15 is 0 Å². The molecule has 10 nitrogen and oxygen atoms in total. The molecule has 2 aliphatic rings. The van der Waals surface area contributed by atoms with Crippen LogP contribution in [0.1, 0.15) is 38.3 Å². The summed E-state index contributed by atoms with van der Waals surface area (Å²) >= 11 is 11.6. The standard InChI is InChI=1S/C10H11ClN4O.C5H3ClN4.C5H8O/c11-9-8-10(13-5-12-9)15(6-14-8)7-3-1-2-4-16-7;6-4-3-5(9-1-7-3)10-2-8-4;1-2-4-6-5-3-1/h5-7H,1-4H2;1-2H,(H,7,8,9,10);2,4H,1,3,5H2. The molecule has 6 heterocycles. The molecule has 0 aliphatic carbocycles. The lowest BCUT2D eigenvalue weighted by molar-refractivity contribution is -0.0298. The van der Waals surface area contributed by atoms with Gasteiger partial charge in [-0.05, 0) is 38.2 Å². The summed E-state index contributed by atoms with van der Waals surface area (Å²) in [5.41, 5.74) is 2.66. The number of hydrogen-bond donors (Lipinski definition) is 1. The molecular weight excluding hydrogens is 455 g/mol. The second kappa shape index (κ2) is 11.2. The van der Waals surface area contributed by atoms with E-state index in [1.165, 1.54) is 38.2 Å². The molecule has 1 fully saturated rings. The molecule has 0 saturated carbocycles. The zero-order valence-corrected chi connectivity index (χ0v) is 18.7. The number of halogens is 2. The van der Waals surface area contributed by atoms with Crippen LogP contribution in [-0.2, 0) is 9.47 Å². The lowest BCUT2D eigenvalue weighted by atomic mass is 10.2. The van der Waals surface area contributed by atoms with Crippen molar-refractivity contribution in [2.75, 3.05) is 13.2 Å². The zero-order chi connectivity index (χ0) is 22.2. The number of rotatable bonds is 1. The van der Waals surface area contributed by atoms with E-state index in [0.717, 1.165) is 31.7 Å². The van der Waals surface area contributed by atoms with Gasteiger partial charge in [0.15, 0.2) is 21.6 Å². The van der Waals surface area contributed by atoms with Crippen LogP contribution in [0, 0.1) is 0 Å². The van der Waals surface area contributed by atoms with Gasteiger partial charge in [-0.25, -0.2) is 29.9 Å². The highest BCUT2D eigenvalue weighted by molar-refractivity contribution is 6.33. The number of ether oxygens (including phenoxy) is 2. The first kappa shape index (κ1) is 22.4. The summed E-state index contributed by atoms with van der Waals surface area (Å²) in [6, 6.07) is 0. The fraction of sp³-hybridized carbons (Fsp3) is 0.400. The van der Waals surface area contributed by atoms with Crippen molar-refractivity contribution in [3.63, 3.8) is 0 Å². The molecule has 0 radical (unpaired) electrons. The third-order valence-electron chi connectivity index (χ3n) is 4.78. The maximum absolute atomic E-state index is 5.94. The van der Waals surface area contributed by atoms with Gasteiger partial charge in [-0.15, -0.1) is 0 Å². The largest absolute Gasteiger partial charge is 0.502 e. The van der Waals surface area contributed by atoms with Crippen molar-refractivity contribution in [2.45, 2.75) is 38.3 Å². The maximum Gasteiger partial charge on any atom is 0.182 e. The van der Waals surface area contributed by atoms with Crippen LogP contribution in [-0.4, -0.2) is 52.7 Å². The molecule has 32 heavy (non-hydrogen) atoms. The van der Waals surface area contributed by atoms with E-state index in [0.29, 0.717) is 27.0 Å². The molecule has 6 rings (SSSR count). The van der Waals surface area contributed by atoms with E-state index < -0.39 is 0 Å². The molecule has 4 aromatic heterocycles. The van der Waals surface area contributed by atoms with Crippen molar-refractivity contribution >= 4 is 45.5 Å². The fourth-order valence-corrected chi connectivity index (χ4v) is 3.56. The van der Waals surface area contributed by atoms with Gasteiger partial charge in [-0.2, -0.15) is 0 Å². The van der Waals surface area contributed by atoms with E-state index in [4.69, 9.17) is 32.7 Å². The SMILES string of the molecule is C1=COCCC1.Clc1ncnc2c1ncn2C1CCCCO1.Clc1ncnc2nc[nH]c12. The van der Waals surface area contributed by atoms with E-state index in [1.54, 1.807) is 12.6 Å². The molecule has 1 N–H and O–H groups in total. The number of aromatic nitrogens is 8.